The maximum Gasteiger partial charge on any atom is 0.262 e. The number of sulfonamides is 1. The normalized spacial score (nSPS) is 18.4. The second kappa shape index (κ2) is 7.69. The molecule has 2 aromatic heterocycles. The van der Waals surface area contributed by atoms with Crippen LogP contribution >= 0.6 is 11.6 Å². The van der Waals surface area contributed by atoms with Crippen LogP contribution in [0.3, 0.4) is 0 Å². The van der Waals surface area contributed by atoms with E-state index in [0.717, 1.165) is 24.2 Å². The summed E-state index contributed by atoms with van der Waals surface area (Å²) in [7, 11) is -1.86. The topological polar surface area (TPSA) is 81.2 Å². The van der Waals surface area contributed by atoms with Crippen LogP contribution in [-0.2, 0) is 23.5 Å². The van der Waals surface area contributed by atoms with Crippen molar-refractivity contribution < 1.29 is 12.8 Å². The second-order valence-corrected chi connectivity index (χ2v) is 9.37. The van der Waals surface area contributed by atoms with Crippen molar-refractivity contribution >= 4 is 21.6 Å². The number of hydrogen-bond donors (Lipinski definition) is 0. The van der Waals surface area contributed by atoms with Gasteiger partial charge in [0.25, 0.3) is 10.0 Å². The quantitative estimate of drug-likeness (QED) is 0.633. The van der Waals surface area contributed by atoms with Crippen LogP contribution in [0.1, 0.15) is 36.0 Å². The Morgan fingerprint density at radius 2 is 2.18 bits per heavy atom. The van der Waals surface area contributed by atoms with E-state index in [4.69, 9.17) is 16.0 Å². The first-order chi connectivity index (χ1) is 13.4. The first-order valence-corrected chi connectivity index (χ1v) is 10.9. The van der Waals surface area contributed by atoms with Gasteiger partial charge in [-0.2, -0.15) is 4.31 Å². The van der Waals surface area contributed by atoms with Crippen molar-refractivity contribution in [3.8, 4) is 0 Å². The molecular formula is C19H21ClN4O3S. The van der Waals surface area contributed by atoms with Gasteiger partial charge in [-0.3, -0.25) is 0 Å². The van der Waals surface area contributed by atoms with Crippen LogP contribution in [0.2, 0.25) is 5.02 Å². The summed E-state index contributed by atoms with van der Waals surface area (Å²) >= 11 is 6.03. The largest absolute Gasteiger partial charge is 0.445 e. The van der Waals surface area contributed by atoms with Crippen LogP contribution in [0.15, 0.2) is 52.4 Å². The van der Waals surface area contributed by atoms with E-state index in [1.54, 1.807) is 17.8 Å². The van der Waals surface area contributed by atoms with Crippen LogP contribution in [0.25, 0.3) is 0 Å². The minimum absolute atomic E-state index is 0.0691. The first-order valence-electron chi connectivity index (χ1n) is 9.09. The average Bonchev–Trinajstić information content (AvgIpc) is 3.31. The summed E-state index contributed by atoms with van der Waals surface area (Å²) in [6.07, 6.45) is 6.91. The van der Waals surface area contributed by atoms with Crippen molar-refractivity contribution in [3.63, 3.8) is 0 Å². The van der Waals surface area contributed by atoms with Gasteiger partial charge in [0, 0.05) is 43.7 Å². The summed E-state index contributed by atoms with van der Waals surface area (Å²) in [5.41, 5.74) is 1.04. The summed E-state index contributed by atoms with van der Waals surface area (Å²) in [6, 6.07) is 7.60. The highest BCUT2D eigenvalue weighted by Crippen LogP contribution is 2.30. The van der Waals surface area contributed by atoms with E-state index in [1.165, 1.54) is 16.8 Å². The van der Waals surface area contributed by atoms with E-state index < -0.39 is 10.0 Å². The van der Waals surface area contributed by atoms with E-state index in [-0.39, 0.29) is 10.9 Å². The molecule has 0 aliphatic carbocycles. The maximum atomic E-state index is 12.8. The molecule has 4 rings (SSSR count). The third-order valence-electron chi connectivity index (χ3n) is 4.86. The molecule has 0 N–H and O–H groups in total. The molecular weight excluding hydrogens is 400 g/mol. The highest BCUT2D eigenvalue weighted by Gasteiger charge is 2.34. The molecule has 28 heavy (non-hydrogen) atoms. The van der Waals surface area contributed by atoms with Crippen LogP contribution in [0.5, 0.6) is 0 Å². The molecule has 0 saturated carbocycles. The minimum Gasteiger partial charge on any atom is -0.445 e. The molecule has 1 saturated heterocycles. The molecule has 1 atom stereocenters. The molecule has 3 heterocycles. The molecule has 1 aliphatic heterocycles. The van der Waals surface area contributed by atoms with E-state index in [1.807, 2.05) is 24.3 Å². The van der Waals surface area contributed by atoms with Crippen molar-refractivity contribution in [2.24, 2.45) is 7.05 Å². The highest BCUT2D eigenvalue weighted by atomic mass is 35.5. The first kappa shape index (κ1) is 19.2. The van der Waals surface area contributed by atoms with Gasteiger partial charge in [0.1, 0.15) is 5.76 Å². The lowest BCUT2D eigenvalue weighted by Crippen LogP contribution is -2.39. The smallest absolute Gasteiger partial charge is 0.262 e. The molecule has 1 aliphatic rings. The van der Waals surface area contributed by atoms with Crippen LogP contribution in [0, 0.1) is 0 Å². The number of piperidine rings is 1. The average molecular weight is 421 g/mol. The molecule has 0 radical (unpaired) electrons. The molecule has 0 bridgehead atoms. The van der Waals surface area contributed by atoms with Crippen molar-refractivity contribution in [1.29, 1.82) is 0 Å². The molecule has 3 aromatic rings. The second-order valence-electron chi connectivity index (χ2n) is 7.05. The predicted molar refractivity (Wildman–Crippen MR) is 105 cm³/mol. The fourth-order valence-corrected chi connectivity index (χ4v) is 5.16. The molecule has 148 valence electrons. The van der Waals surface area contributed by atoms with Gasteiger partial charge < -0.3 is 8.98 Å². The lowest BCUT2D eigenvalue weighted by atomic mass is 10.00. The number of aryl methyl sites for hydroxylation is 1. The maximum absolute atomic E-state index is 12.8. The number of imidazole rings is 1. The zero-order chi connectivity index (χ0) is 19.7. The fraction of sp³-hybridized carbons (Fsp3) is 0.368. The fourth-order valence-electron chi connectivity index (χ4n) is 3.46. The lowest BCUT2D eigenvalue weighted by Gasteiger charge is -2.29. The van der Waals surface area contributed by atoms with Gasteiger partial charge in [-0.1, -0.05) is 23.7 Å². The Hall–Kier alpha value is -2.16. The van der Waals surface area contributed by atoms with E-state index >= 15 is 0 Å². The van der Waals surface area contributed by atoms with Gasteiger partial charge in [0.15, 0.2) is 10.9 Å². The zero-order valence-electron chi connectivity index (χ0n) is 15.5. The third-order valence-corrected chi connectivity index (χ3v) is 6.84. The number of benzene rings is 1. The Bertz CT molecular complexity index is 1080. The Kier molecular flexibility index (Phi) is 5.27. The lowest BCUT2D eigenvalue weighted by molar-refractivity contribution is 0.281. The van der Waals surface area contributed by atoms with Crippen LogP contribution < -0.4 is 0 Å². The number of halogens is 1. The predicted octanol–water partition coefficient (Wildman–Crippen LogP) is 3.22. The molecule has 7 nitrogen and oxygen atoms in total. The number of aromatic nitrogens is 3. The molecule has 0 spiro atoms. The summed E-state index contributed by atoms with van der Waals surface area (Å²) in [4.78, 5) is 8.41. The van der Waals surface area contributed by atoms with Crippen molar-refractivity contribution in [2.45, 2.75) is 30.2 Å². The molecule has 1 aromatic carbocycles. The van der Waals surface area contributed by atoms with Crippen LogP contribution in [0.4, 0.5) is 0 Å². The molecule has 1 unspecified atom stereocenters. The zero-order valence-corrected chi connectivity index (χ0v) is 17.0. The SMILES string of the molecule is Cn1cnc(S(=O)(=O)N2CCCC(c3ncc(Cc4cccc(Cl)c4)o3)C2)c1. The van der Waals surface area contributed by atoms with Crippen molar-refractivity contribution in [2.75, 3.05) is 13.1 Å². The summed E-state index contributed by atoms with van der Waals surface area (Å²) in [6.45, 7) is 0.821. The van der Waals surface area contributed by atoms with Crippen molar-refractivity contribution in [3.05, 3.63) is 65.2 Å². The van der Waals surface area contributed by atoms with Gasteiger partial charge in [-0.15, -0.1) is 0 Å². The van der Waals surface area contributed by atoms with E-state index in [9.17, 15) is 8.42 Å². The summed E-state index contributed by atoms with van der Waals surface area (Å²) < 4.78 is 34.7. The minimum atomic E-state index is -3.61. The van der Waals surface area contributed by atoms with E-state index in [0.29, 0.717) is 30.4 Å². The third kappa shape index (κ3) is 3.99. The Labute approximate surface area is 169 Å². The highest BCUT2D eigenvalue weighted by molar-refractivity contribution is 7.89. The standard InChI is InChI=1S/C19H21ClN4O3S/c1-23-12-18(22-13-23)28(25,26)24-7-3-5-15(11-24)19-21-10-17(27-19)9-14-4-2-6-16(20)8-14/h2,4,6,8,10,12-13,15H,3,5,7,9,11H2,1H3. The molecule has 1 fully saturated rings. The van der Waals surface area contributed by atoms with Crippen LogP contribution in [-0.4, -0.2) is 40.3 Å². The summed E-state index contributed by atoms with van der Waals surface area (Å²) in [5.74, 6) is 1.25. The summed E-state index contributed by atoms with van der Waals surface area (Å²) in [5, 5.41) is 0.754. The Balaban J connectivity index is 1.48. The molecule has 0 amide bonds. The van der Waals surface area contributed by atoms with Gasteiger partial charge in [0.05, 0.1) is 12.5 Å². The number of oxazole rings is 1. The van der Waals surface area contributed by atoms with Gasteiger partial charge in [0.2, 0.25) is 0 Å². The number of hydrogen-bond acceptors (Lipinski definition) is 5. The number of nitrogens with zero attached hydrogens (tertiary/aromatic N) is 4. The number of rotatable bonds is 5. The Morgan fingerprint density at radius 1 is 1.32 bits per heavy atom. The van der Waals surface area contributed by atoms with Crippen molar-refractivity contribution in [1.82, 2.24) is 18.8 Å². The Morgan fingerprint density at radius 3 is 2.93 bits per heavy atom. The van der Waals surface area contributed by atoms with Gasteiger partial charge in [-0.25, -0.2) is 18.4 Å². The van der Waals surface area contributed by atoms with E-state index in [2.05, 4.69) is 9.97 Å². The van der Waals surface area contributed by atoms with Gasteiger partial charge in [-0.05, 0) is 30.5 Å². The van der Waals surface area contributed by atoms with Gasteiger partial charge >= 0.3 is 0 Å². The monoisotopic (exact) mass is 420 g/mol. The molecule has 9 heteroatoms.